The fourth-order valence-electron chi connectivity index (χ4n) is 2.85. The molecule has 1 heterocycles. The minimum Gasteiger partial charge on any atom is -0.504 e. The molecule has 2 aromatic rings. The fraction of sp³-hybridized carbons (Fsp3) is 0.158. The predicted octanol–water partition coefficient (Wildman–Crippen LogP) is 3.49. The summed E-state index contributed by atoms with van der Waals surface area (Å²) in [5.41, 5.74) is 2.47. The zero-order valence-corrected chi connectivity index (χ0v) is 16.2. The van der Waals surface area contributed by atoms with Crippen LogP contribution in [0.2, 0.25) is 5.02 Å². The van der Waals surface area contributed by atoms with E-state index in [4.69, 9.17) is 28.6 Å². The molecule has 8 heteroatoms. The second-order valence-corrected chi connectivity index (χ2v) is 6.81. The number of carbonyl (C=O) groups excluding carboxylic acids is 1. The molecular weight excluding hydrogens is 386 g/mol. The van der Waals surface area contributed by atoms with E-state index in [9.17, 15) is 9.90 Å². The van der Waals surface area contributed by atoms with Gasteiger partial charge in [0.05, 0.1) is 18.7 Å². The number of hydrogen-bond donors (Lipinski definition) is 4. The highest BCUT2D eigenvalue weighted by Gasteiger charge is 2.30. The molecular formula is C19H18ClN3O3S. The monoisotopic (exact) mass is 403 g/mol. The average molecular weight is 404 g/mol. The highest BCUT2D eigenvalue weighted by atomic mass is 35.5. The van der Waals surface area contributed by atoms with Crippen LogP contribution in [0.3, 0.4) is 0 Å². The molecule has 0 radical (unpaired) electrons. The van der Waals surface area contributed by atoms with Gasteiger partial charge in [-0.2, -0.15) is 0 Å². The van der Waals surface area contributed by atoms with E-state index in [1.807, 2.05) is 0 Å². The summed E-state index contributed by atoms with van der Waals surface area (Å²) < 4.78 is 5.18. The minimum absolute atomic E-state index is 0.0191. The third kappa shape index (κ3) is 4.15. The Morgan fingerprint density at radius 2 is 1.96 bits per heavy atom. The number of nitrogens with one attached hydrogen (secondary N) is 3. The highest BCUT2D eigenvalue weighted by molar-refractivity contribution is 7.80. The number of methoxy groups -OCH3 is 1. The van der Waals surface area contributed by atoms with Crippen molar-refractivity contribution >= 4 is 40.5 Å². The molecule has 0 spiro atoms. The molecule has 0 saturated heterocycles. The molecule has 1 amide bonds. The maximum atomic E-state index is 13.0. The van der Waals surface area contributed by atoms with Gasteiger partial charge in [-0.3, -0.25) is 4.79 Å². The number of carbonyl (C=O) groups is 1. The maximum absolute atomic E-state index is 13.0. The van der Waals surface area contributed by atoms with Crippen molar-refractivity contribution in [2.24, 2.45) is 0 Å². The molecule has 27 heavy (non-hydrogen) atoms. The van der Waals surface area contributed by atoms with Crippen LogP contribution in [0.4, 0.5) is 5.69 Å². The summed E-state index contributed by atoms with van der Waals surface area (Å²) >= 11 is 11.1. The van der Waals surface area contributed by atoms with Crippen molar-refractivity contribution in [3.63, 3.8) is 0 Å². The first-order valence-corrected chi connectivity index (χ1v) is 8.89. The summed E-state index contributed by atoms with van der Waals surface area (Å²) in [5.74, 6) is 0.0499. The number of halogens is 1. The van der Waals surface area contributed by atoms with Crippen molar-refractivity contribution in [2.45, 2.75) is 13.0 Å². The lowest BCUT2D eigenvalue weighted by Crippen LogP contribution is -2.45. The van der Waals surface area contributed by atoms with Gasteiger partial charge in [0.15, 0.2) is 16.6 Å². The summed E-state index contributed by atoms with van der Waals surface area (Å²) in [4.78, 5) is 13.0. The number of anilines is 1. The lowest BCUT2D eigenvalue weighted by atomic mass is 9.94. The summed E-state index contributed by atoms with van der Waals surface area (Å²) in [6.07, 6.45) is 0. The molecule has 0 bridgehead atoms. The van der Waals surface area contributed by atoms with Crippen molar-refractivity contribution < 1.29 is 14.6 Å². The minimum atomic E-state index is -0.499. The van der Waals surface area contributed by atoms with Crippen LogP contribution in [0.15, 0.2) is 53.7 Å². The number of rotatable bonds is 4. The summed E-state index contributed by atoms with van der Waals surface area (Å²) in [6.45, 7) is 1.79. The van der Waals surface area contributed by atoms with Gasteiger partial charge < -0.3 is 25.8 Å². The Kier molecular flexibility index (Phi) is 5.53. The molecule has 0 unspecified atom stereocenters. The molecule has 6 nitrogen and oxygen atoms in total. The molecule has 1 aliphatic rings. The van der Waals surface area contributed by atoms with Crippen LogP contribution in [0, 0.1) is 0 Å². The number of amides is 1. The van der Waals surface area contributed by atoms with Gasteiger partial charge in [-0.25, -0.2) is 0 Å². The smallest absolute Gasteiger partial charge is 0.255 e. The molecule has 1 aliphatic heterocycles. The van der Waals surface area contributed by atoms with E-state index in [0.29, 0.717) is 32.8 Å². The Balaban J connectivity index is 1.96. The van der Waals surface area contributed by atoms with Gasteiger partial charge in [-0.1, -0.05) is 17.7 Å². The van der Waals surface area contributed by atoms with E-state index in [1.165, 1.54) is 13.2 Å². The molecule has 3 rings (SSSR count). The van der Waals surface area contributed by atoms with Crippen molar-refractivity contribution in [3.05, 3.63) is 64.3 Å². The topological polar surface area (TPSA) is 82.6 Å². The first-order chi connectivity index (χ1) is 12.9. The number of hydrogen-bond acceptors (Lipinski definition) is 4. The van der Waals surface area contributed by atoms with Crippen LogP contribution in [0.25, 0.3) is 0 Å². The average Bonchev–Trinajstić information content (AvgIpc) is 2.63. The van der Waals surface area contributed by atoms with Crippen LogP contribution in [-0.2, 0) is 4.79 Å². The van der Waals surface area contributed by atoms with E-state index in [2.05, 4.69) is 16.0 Å². The summed E-state index contributed by atoms with van der Waals surface area (Å²) in [5, 5.41) is 19.8. The first-order valence-electron chi connectivity index (χ1n) is 8.11. The zero-order chi connectivity index (χ0) is 19.6. The van der Waals surface area contributed by atoms with Crippen LogP contribution >= 0.6 is 23.8 Å². The van der Waals surface area contributed by atoms with Gasteiger partial charge in [-0.05, 0) is 61.1 Å². The van der Waals surface area contributed by atoms with Crippen LogP contribution in [0.1, 0.15) is 18.5 Å². The number of allylic oxidation sites excluding steroid dienone is 1. The van der Waals surface area contributed by atoms with Crippen molar-refractivity contribution in [2.75, 3.05) is 12.4 Å². The normalized spacial score (nSPS) is 16.4. The molecule has 0 fully saturated rings. The second-order valence-electron chi connectivity index (χ2n) is 5.96. The predicted molar refractivity (Wildman–Crippen MR) is 109 cm³/mol. The number of ether oxygens (including phenoxy) is 1. The first kappa shape index (κ1) is 19.0. The number of thiocarbonyl (C=S) groups is 1. The molecule has 1 atom stereocenters. The molecule has 2 aromatic carbocycles. The lowest BCUT2D eigenvalue weighted by molar-refractivity contribution is -0.113. The second kappa shape index (κ2) is 7.85. The molecule has 0 aromatic heterocycles. The lowest BCUT2D eigenvalue weighted by Gasteiger charge is -2.30. The Morgan fingerprint density at radius 1 is 1.26 bits per heavy atom. The fourth-order valence-corrected chi connectivity index (χ4v) is 3.25. The van der Waals surface area contributed by atoms with Crippen molar-refractivity contribution in [1.82, 2.24) is 10.6 Å². The molecule has 0 aliphatic carbocycles. The van der Waals surface area contributed by atoms with Crippen LogP contribution in [0.5, 0.6) is 11.5 Å². The van der Waals surface area contributed by atoms with E-state index in [-0.39, 0.29) is 11.7 Å². The van der Waals surface area contributed by atoms with E-state index < -0.39 is 6.04 Å². The Bertz CT molecular complexity index is 928. The largest absolute Gasteiger partial charge is 0.504 e. The van der Waals surface area contributed by atoms with E-state index >= 15 is 0 Å². The van der Waals surface area contributed by atoms with Gasteiger partial charge in [-0.15, -0.1) is 0 Å². The number of benzene rings is 2. The van der Waals surface area contributed by atoms with Crippen molar-refractivity contribution in [3.8, 4) is 11.5 Å². The van der Waals surface area contributed by atoms with Gasteiger partial charge in [0.25, 0.3) is 5.91 Å². The Labute approximate surface area is 167 Å². The highest BCUT2D eigenvalue weighted by Crippen LogP contribution is 2.33. The quantitative estimate of drug-likeness (QED) is 0.585. The Morgan fingerprint density at radius 3 is 2.63 bits per heavy atom. The molecule has 0 saturated carbocycles. The standard InChI is InChI=1S/C19H18ClN3O3S/c1-10-16(18(25)22-13-6-4-12(20)5-7-13)17(23-19(27)21-10)11-3-8-14(24)15(9-11)26-2/h3-9,17,24H,1-2H3,(H,22,25)(H2,21,23,27)/t17-/m0/s1. The third-order valence-corrected chi connectivity index (χ3v) is 4.62. The summed E-state index contributed by atoms with van der Waals surface area (Å²) in [6, 6.07) is 11.3. The van der Waals surface area contributed by atoms with Crippen LogP contribution in [-0.4, -0.2) is 23.2 Å². The van der Waals surface area contributed by atoms with Crippen LogP contribution < -0.4 is 20.7 Å². The van der Waals surface area contributed by atoms with Crippen molar-refractivity contribution in [1.29, 1.82) is 0 Å². The molecule has 140 valence electrons. The van der Waals surface area contributed by atoms with Gasteiger partial charge in [0, 0.05) is 16.4 Å². The maximum Gasteiger partial charge on any atom is 0.255 e. The van der Waals surface area contributed by atoms with E-state index in [1.54, 1.807) is 43.3 Å². The molecule has 4 N–H and O–H groups in total. The number of phenolic OH excluding ortho intramolecular Hbond substituents is 1. The van der Waals surface area contributed by atoms with E-state index in [0.717, 1.165) is 5.56 Å². The van der Waals surface area contributed by atoms with Gasteiger partial charge >= 0.3 is 0 Å². The Hall–Kier alpha value is -2.77. The van der Waals surface area contributed by atoms with Gasteiger partial charge in [0.1, 0.15) is 0 Å². The number of phenols is 1. The van der Waals surface area contributed by atoms with Gasteiger partial charge in [0.2, 0.25) is 0 Å². The number of aromatic hydroxyl groups is 1. The SMILES string of the molecule is COc1cc([C@@H]2NC(=S)NC(C)=C2C(=O)Nc2ccc(Cl)cc2)ccc1O. The zero-order valence-electron chi connectivity index (χ0n) is 14.7. The summed E-state index contributed by atoms with van der Waals surface area (Å²) in [7, 11) is 1.47. The third-order valence-electron chi connectivity index (χ3n) is 4.15.